The minimum Gasteiger partial charge on any atom is -0.489 e. The number of ether oxygens (including phenoxy) is 1. The van der Waals surface area contributed by atoms with Gasteiger partial charge in [-0.05, 0) is 38.1 Å². The molecule has 1 amide bonds. The Balaban J connectivity index is 2.45. The van der Waals surface area contributed by atoms with Crippen molar-refractivity contribution in [2.75, 3.05) is 33.7 Å². The molecule has 7 heteroatoms. The van der Waals surface area contributed by atoms with Crippen LogP contribution in [0.2, 0.25) is 0 Å². The molecule has 0 spiro atoms. The summed E-state index contributed by atoms with van der Waals surface area (Å²) in [4.78, 5) is 17.6. The first kappa shape index (κ1) is 19.7. The molecule has 1 rings (SSSR count). The highest BCUT2D eigenvalue weighted by Gasteiger charge is 2.06. The van der Waals surface area contributed by atoms with Gasteiger partial charge < -0.3 is 20.3 Å². The molecule has 0 aliphatic carbocycles. The summed E-state index contributed by atoms with van der Waals surface area (Å²) in [5.41, 5.74) is 0. The van der Waals surface area contributed by atoms with Crippen LogP contribution in [0.15, 0.2) is 29.3 Å². The van der Waals surface area contributed by atoms with Gasteiger partial charge in [0.15, 0.2) is 5.96 Å². The molecule has 1 aromatic carbocycles. The molecular weight excluding hydrogens is 311 g/mol. The van der Waals surface area contributed by atoms with Crippen LogP contribution in [0.3, 0.4) is 0 Å². The van der Waals surface area contributed by atoms with E-state index in [0.29, 0.717) is 31.2 Å². The molecule has 0 aliphatic heterocycles. The topological polar surface area (TPSA) is 66.0 Å². The van der Waals surface area contributed by atoms with Gasteiger partial charge in [0, 0.05) is 33.6 Å². The zero-order valence-electron chi connectivity index (χ0n) is 14.8. The maximum absolute atomic E-state index is 12.9. The van der Waals surface area contributed by atoms with E-state index in [1.54, 1.807) is 31.1 Å². The number of carbonyl (C=O) groups is 1. The molecule has 0 aromatic heterocycles. The van der Waals surface area contributed by atoms with E-state index < -0.39 is 0 Å². The monoisotopic (exact) mass is 338 g/mol. The van der Waals surface area contributed by atoms with Gasteiger partial charge in [-0.3, -0.25) is 4.79 Å². The second-order valence-corrected chi connectivity index (χ2v) is 5.57. The fraction of sp³-hybridized carbons (Fsp3) is 0.529. The maximum atomic E-state index is 12.9. The van der Waals surface area contributed by atoms with Crippen LogP contribution in [-0.2, 0) is 4.79 Å². The zero-order chi connectivity index (χ0) is 17.9. The Kier molecular flexibility index (Phi) is 8.60. The highest BCUT2D eigenvalue weighted by molar-refractivity contribution is 5.81. The van der Waals surface area contributed by atoms with Gasteiger partial charge in [-0.2, -0.15) is 0 Å². The Morgan fingerprint density at radius 2 is 1.96 bits per heavy atom. The van der Waals surface area contributed by atoms with Crippen molar-refractivity contribution < 1.29 is 13.9 Å². The van der Waals surface area contributed by atoms with Gasteiger partial charge in [0.1, 0.15) is 17.7 Å². The second kappa shape index (κ2) is 10.5. The highest BCUT2D eigenvalue weighted by atomic mass is 19.1. The van der Waals surface area contributed by atoms with Gasteiger partial charge in [0.2, 0.25) is 5.91 Å². The van der Waals surface area contributed by atoms with E-state index in [0.717, 1.165) is 6.54 Å². The molecule has 134 valence electrons. The summed E-state index contributed by atoms with van der Waals surface area (Å²) in [7, 11) is 3.46. The molecule has 1 atom stereocenters. The molecule has 0 saturated heterocycles. The van der Waals surface area contributed by atoms with Crippen LogP contribution in [0.25, 0.3) is 0 Å². The summed E-state index contributed by atoms with van der Waals surface area (Å²) < 4.78 is 18.5. The lowest BCUT2D eigenvalue weighted by molar-refractivity contribution is -0.128. The number of carbonyl (C=O) groups excluding carboxylic acids is 1. The number of hydrogen-bond acceptors (Lipinski definition) is 3. The van der Waals surface area contributed by atoms with Gasteiger partial charge in [-0.15, -0.1) is 0 Å². The summed E-state index contributed by atoms with van der Waals surface area (Å²) in [5.74, 6) is 1.01. The molecular formula is C17H27FN4O2. The molecule has 0 aliphatic rings. The number of nitrogens with one attached hydrogen (secondary N) is 2. The van der Waals surface area contributed by atoms with Crippen molar-refractivity contribution in [3.05, 3.63) is 30.1 Å². The summed E-state index contributed by atoms with van der Waals surface area (Å²) in [6.07, 6.45) is 0.244. The number of rotatable bonds is 8. The summed E-state index contributed by atoms with van der Waals surface area (Å²) >= 11 is 0. The van der Waals surface area contributed by atoms with Crippen LogP contribution < -0.4 is 15.4 Å². The molecule has 2 N–H and O–H groups in total. The number of amides is 1. The van der Waals surface area contributed by atoms with E-state index in [-0.39, 0.29) is 17.8 Å². The van der Waals surface area contributed by atoms with Gasteiger partial charge >= 0.3 is 0 Å². The average Bonchev–Trinajstić information content (AvgIpc) is 2.54. The molecule has 0 bridgehead atoms. The first-order chi connectivity index (χ1) is 11.4. The number of halogens is 1. The van der Waals surface area contributed by atoms with Gasteiger partial charge in [-0.1, -0.05) is 0 Å². The van der Waals surface area contributed by atoms with Crippen LogP contribution in [0, 0.1) is 5.82 Å². The van der Waals surface area contributed by atoms with Crippen LogP contribution in [0.4, 0.5) is 4.39 Å². The van der Waals surface area contributed by atoms with Crippen molar-refractivity contribution in [2.24, 2.45) is 4.99 Å². The lowest BCUT2D eigenvalue weighted by atomic mass is 10.3. The molecule has 1 aromatic rings. The third-order valence-corrected chi connectivity index (χ3v) is 3.13. The Bertz CT molecular complexity index is 532. The van der Waals surface area contributed by atoms with Crippen LogP contribution in [0.1, 0.15) is 20.3 Å². The van der Waals surface area contributed by atoms with Gasteiger partial charge in [0.25, 0.3) is 0 Å². The molecule has 24 heavy (non-hydrogen) atoms. The minimum absolute atomic E-state index is 0.0614. The van der Waals surface area contributed by atoms with Crippen LogP contribution >= 0.6 is 0 Å². The summed E-state index contributed by atoms with van der Waals surface area (Å²) in [6.45, 7) is 5.54. The normalized spacial score (nSPS) is 12.5. The predicted molar refractivity (Wildman–Crippen MR) is 93.8 cm³/mol. The zero-order valence-corrected chi connectivity index (χ0v) is 14.8. The smallest absolute Gasteiger partial charge is 0.223 e. The van der Waals surface area contributed by atoms with Crippen molar-refractivity contribution in [2.45, 2.75) is 26.4 Å². The molecule has 0 radical (unpaired) electrons. The van der Waals surface area contributed by atoms with E-state index in [1.807, 2.05) is 13.8 Å². The SMILES string of the molecule is CCNC(=NCC(C)Oc1ccc(F)cc1)NCCC(=O)N(C)C. The Morgan fingerprint density at radius 3 is 2.54 bits per heavy atom. The standard InChI is InChI=1S/C17H27FN4O2/c1-5-19-17(20-11-10-16(23)22(3)4)21-12-13(2)24-15-8-6-14(18)7-9-15/h6-9,13H,5,10-12H2,1-4H3,(H2,19,20,21). The predicted octanol–water partition coefficient (Wildman–Crippen LogP) is 1.63. The van der Waals surface area contributed by atoms with E-state index in [4.69, 9.17) is 4.74 Å². The first-order valence-corrected chi connectivity index (χ1v) is 8.07. The van der Waals surface area contributed by atoms with Crippen LogP contribution in [-0.4, -0.2) is 56.6 Å². The van der Waals surface area contributed by atoms with Crippen molar-refractivity contribution in [1.82, 2.24) is 15.5 Å². The van der Waals surface area contributed by atoms with E-state index in [1.165, 1.54) is 12.1 Å². The molecule has 1 unspecified atom stereocenters. The Labute approximate surface area is 143 Å². The second-order valence-electron chi connectivity index (χ2n) is 5.57. The number of hydrogen-bond donors (Lipinski definition) is 2. The van der Waals surface area contributed by atoms with E-state index in [9.17, 15) is 9.18 Å². The molecule has 0 saturated carbocycles. The fourth-order valence-electron chi connectivity index (χ4n) is 1.86. The van der Waals surface area contributed by atoms with Crippen molar-refractivity contribution >= 4 is 11.9 Å². The summed E-state index contributed by atoms with van der Waals surface area (Å²) in [6, 6.07) is 5.90. The van der Waals surface area contributed by atoms with Gasteiger partial charge in [-0.25, -0.2) is 9.38 Å². The van der Waals surface area contributed by atoms with Crippen molar-refractivity contribution in [1.29, 1.82) is 0 Å². The quantitative estimate of drug-likeness (QED) is 0.558. The van der Waals surface area contributed by atoms with E-state index in [2.05, 4.69) is 15.6 Å². The average molecular weight is 338 g/mol. The first-order valence-electron chi connectivity index (χ1n) is 8.07. The maximum Gasteiger partial charge on any atom is 0.223 e. The molecule has 0 heterocycles. The number of benzene rings is 1. The van der Waals surface area contributed by atoms with Crippen molar-refractivity contribution in [3.8, 4) is 5.75 Å². The Morgan fingerprint density at radius 1 is 1.29 bits per heavy atom. The highest BCUT2D eigenvalue weighted by Crippen LogP contribution is 2.12. The van der Waals surface area contributed by atoms with Gasteiger partial charge in [0.05, 0.1) is 6.54 Å². The minimum atomic E-state index is -0.293. The lowest BCUT2D eigenvalue weighted by Crippen LogP contribution is -2.39. The molecule has 0 fully saturated rings. The molecule has 6 nitrogen and oxygen atoms in total. The number of aliphatic imine (C=N–C) groups is 1. The van der Waals surface area contributed by atoms with Crippen LogP contribution in [0.5, 0.6) is 5.75 Å². The Hall–Kier alpha value is -2.31. The lowest BCUT2D eigenvalue weighted by Gasteiger charge is -2.16. The van der Waals surface area contributed by atoms with Crippen molar-refractivity contribution in [3.63, 3.8) is 0 Å². The number of nitrogens with zero attached hydrogens (tertiary/aromatic N) is 2. The third-order valence-electron chi connectivity index (χ3n) is 3.13. The summed E-state index contributed by atoms with van der Waals surface area (Å²) in [5, 5.41) is 6.24. The van der Waals surface area contributed by atoms with E-state index >= 15 is 0 Å². The fourth-order valence-corrected chi connectivity index (χ4v) is 1.86. The largest absolute Gasteiger partial charge is 0.489 e. The number of guanidine groups is 1. The third kappa shape index (κ3) is 7.80.